The Labute approximate surface area is 133 Å². The van der Waals surface area contributed by atoms with Crippen LogP contribution in [0, 0.1) is 5.82 Å². The van der Waals surface area contributed by atoms with Crippen molar-refractivity contribution in [2.75, 3.05) is 0 Å². The minimum atomic E-state index is -0.315. The van der Waals surface area contributed by atoms with Gasteiger partial charge in [-0.05, 0) is 23.8 Å². The Balaban J connectivity index is 1.58. The topological polar surface area (TPSA) is 46.9 Å². The maximum absolute atomic E-state index is 13.5. The molecule has 1 amide bonds. The van der Waals surface area contributed by atoms with Gasteiger partial charge < -0.3 is 5.32 Å². The minimum absolute atomic E-state index is 0.166. The van der Waals surface area contributed by atoms with Crippen LogP contribution in [0.3, 0.4) is 0 Å². The standard InChI is InChI=1S/C18H16FN3O/c19-17-9-5-4-6-15(17)12-20-18(23)10-14-11-21-22(13-14)16-7-2-1-3-8-16/h1-9,11,13H,10,12H2,(H,20,23). The monoisotopic (exact) mass is 309 g/mol. The number of amides is 1. The van der Waals surface area contributed by atoms with E-state index in [2.05, 4.69) is 10.4 Å². The van der Waals surface area contributed by atoms with Crippen LogP contribution < -0.4 is 5.32 Å². The number of benzene rings is 2. The van der Waals surface area contributed by atoms with Crippen LogP contribution in [0.5, 0.6) is 0 Å². The number of nitrogens with one attached hydrogen (secondary N) is 1. The van der Waals surface area contributed by atoms with Crippen LogP contribution in [0.25, 0.3) is 5.69 Å². The first-order valence-electron chi connectivity index (χ1n) is 7.31. The number of halogens is 1. The Morgan fingerprint density at radius 2 is 1.83 bits per heavy atom. The fraction of sp³-hybridized carbons (Fsp3) is 0.111. The van der Waals surface area contributed by atoms with E-state index < -0.39 is 0 Å². The molecule has 0 fully saturated rings. The predicted molar refractivity (Wildman–Crippen MR) is 85.5 cm³/mol. The molecule has 1 heterocycles. The zero-order valence-electron chi connectivity index (χ0n) is 12.4. The van der Waals surface area contributed by atoms with Gasteiger partial charge in [0.2, 0.25) is 5.91 Å². The first kappa shape index (κ1) is 15.0. The smallest absolute Gasteiger partial charge is 0.224 e. The van der Waals surface area contributed by atoms with Gasteiger partial charge in [-0.2, -0.15) is 5.10 Å². The first-order valence-corrected chi connectivity index (χ1v) is 7.31. The molecule has 4 nitrogen and oxygen atoms in total. The third-order valence-electron chi connectivity index (χ3n) is 3.46. The molecule has 0 unspecified atom stereocenters. The Morgan fingerprint density at radius 1 is 1.09 bits per heavy atom. The summed E-state index contributed by atoms with van der Waals surface area (Å²) < 4.78 is 15.2. The zero-order chi connectivity index (χ0) is 16.1. The molecule has 116 valence electrons. The molecule has 0 aliphatic heterocycles. The molecule has 3 aromatic rings. The molecular formula is C18H16FN3O. The van der Waals surface area contributed by atoms with Gasteiger partial charge in [-0.1, -0.05) is 36.4 Å². The Morgan fingerprint density at radius 3 is 2.61 bits per heavy atom. The Bertz CT molecular complexity index is 799. The fourth-order valence-corrected chi connectivity index (χ4v) is 2.26. The average Bonchev–Trinajstić information content (AvgIpc) is 3.03. The Kier molecular flexibility index (Phi) is 4.47. The van der Waals surface area contributed by atoms with Gasteiger partial charge in [0.25, 0.3) is 0 Å². The van der Waals surface area contributed by atoms with Crippen molar-refractivity contribution in [2.24, 2.45) is 0 Å². The average molecular weight is 309 g/mol. The molecule has 3 rings (SSSR count). The van der Waals surface area contributed by atoms with Crippen molar-refractivity contribution in [2.45, 2.75) is 13.0 Å². The lowest BCUT2D eigenvalue weighted by Crippen LogP contribution is -2.24. The molecule has 0 bridgehead atoms. The second-order valence-electron chi connectivity index (χ2n) is 5.17. The van der Waals surface area contributed by atoms with Crippen molar-refractivity contribution in [3.05, 3.63) is 83.9 Å². The fourth-order valence-electron chi connectivity index (χ4n) is 2.26. The van der Waals surface area contributed by atoms with Gasteiger partial charge in [-0.15, -0.1) is 0 Å². The van der Waals surface area contributed by atoms with Gasteiger partial charge in [-0.25, -0.2) is 9.07 Å². The van der Waals surface area contributed by atoms with Gasteiger partial charge in [-0.3, -0.25) is 4.79 Å². The van der Waals surface area contributed by atoms with E-state index in [4.69, 9.17) is 0 Å². The van der Waals surface area contributed by atoms with Gasteiger partial charge >= 0.3 is 0 Å². The predicted octanol–water partition coefficient (Wildman–Crippen LogP) is 2.87. The molecule has 1 N–H and O–H groups in total. The van der Waals surface area contributed by atoms with Crippen LogP contribution in [0.1, 0.15) is 11.1 Å². The molecule has 0 radical (unpaired) electrons. The lowest BCUT2D eigenvalue weighted by Gasteiger charge is -2.05. The highest BCUT2D eigenvalue weighted by Gasteiger charge is 2.08. The van der Waals surface area contributed by atoms with Crippen molar-refractivity contribution in [3.8, 4) is 5.69 Å². The summed E-state index contributed by atoms with van der Waals surface area (Å²) in [7, 11) is 0. The van der Waals surface area contributed by atoms with Gasteiger partial charge in [0.05, 0.1) is 18.3 Å². The minimum Gasteiger partial charge on any atom is -0.352 e. The summed E-state index contributed by atoms with van der Waals surface area (Å²) in [5, 5.41) is 6.97. The second-order valence-corrected chi connectivity index (χ2v) is 5.17. The van der Waals surface area contributed by atoms with Crippen molar-refractivity contribution < 1.29 is 9.18 Å². The number of aromatic nitrogens is 2. The van der Waals surface area contributed by atoms with Crippen LogP contribution >= 0.6 is 0 Å². The van der Waals surface area contributed by atoms with Crippen molar-refractivity contribution in [3.63, 3.8) is 0 Å². The van der Waals surface area contributed by atoms with Crippen LogP contribution in [-0.2, 0) is 17.8 Å². The van der Waals surface area contributed by atoms with E-state index >= 15 is 0 Å². The van der Waals surface area contributed by atoms with E-state index in [9.17, 15) is 9.18 Å². The number of hydrogen-bond donors (Lipinski definition) is 1. The van der Waals surface area contributed by atoms with E-state index in [0.717, 1.165) is 11.3 Å². The normalized spacial score (nSPS) is 10.5. The van der Waals surface area contributed by atoms with Crippen molar-refractivity contribution in [1.82, 2.24) is 15.1 Å². The van der Waals surface area contributed by atoms with E-state index in [0.29, 0.717) is 5.56 Å². The molecule has 0 atom stereocenters. The molecule has 0 saturated heterocycles. The van der Waals surface area contributed by atoms with Crippen LogP contribution in [0.15, 0.2) is 67.0 Å². The summed E-state index contributed by atoms with van der Waals surface area (Å²) in [5.41, 5.74) is 2.21. The van der Waals surface area contributed by atoms with Crippen LogP contribution in [0.4, 0.5) is 4.39 Å². The lowest BCUT2D eigenvalue weighted by atomic mass is 10.2. The highest BCUT2D eigenvalue weighted by Crippen LogP contribution is 2.09. The van der Waals surface area contributed by atoms with Gasteiger partial charge in [0.1, 0.15) is 5.82 Å². The quantitative estimate of drug-likeness (QED) is 0.788. The number of carbonyl (C=O) groups is 1. The van der Waals surface area contributed by atoms with Gasteiger partial charge in [0, 0.05) is 18.3 Å². The molecule has 0 aliphatic rings. The molecule has 0 spiro atoms. The first-order chi connectivity index (χ1) is 11.2. The van der Waals surface area contributed by atoms with Gasteiger partial charge in [0.15, 0.2) is 0 Å². The van der Waals surface area contributed by atoms with Crippen LogP contribution in [-0.4, -0.2) is 15.7 Å². The highest BCUT2D eigenvalue weighted by molar-refractivity contribution is 5.78. The summed E-state index contributed by atoms with van der Waals surface area (Å²) in [6.45, 7) is 0.179. The summed E-state index contributed by atoms with van der Waals surface area (Å²) in [6.07, 6.45) is 3.69. The maximum Gasteiger partial charge on any atom is 0.224 e. The Hall–Kier alpha value is -2.95. The molecule has 5 heteroatoms. The molecule has 2 aromatic carbocycles. The number of nitrogens with zero attached hydrogens (tertiary/aromatic N) is 2. The highest BCUT2D eigenvalue weighted by atomic mass is 19.1. The third-order valence-corrected chi connectivity index (χ3v) is 3.46. The maximum atomic E-state index is 13.5. The summed E-state index contributed by atoms with van der Waals surface area (Å²) in [4.78, 5) is 12.0. The summed E-state index contributed by atoms with van der Waals surface area (Å²) in [5.74, 6) is -0.481. The molecular weight excluding hydrogens is 293 g/mol. The third kappa shape index (κ3) is 3.83. The van der Waals surface area contributed by atoms with Crippen molar-refractivity contribution >= 4 is 5.91 Å². The van der Waals surface area contributed by atoms with E-state index in [1.165, 1.54) is 6.07 Å². The van der Waals surface area contributed by atoms with E-state index in [1.807, 2.05) is 36.5 Å². The number of hydrogen-bond acceptors (Lipinski definition) is 2. The summed E-state index contributed by atoms with van der Waals surface area (Å²) in [6, 6.07) is 16.1. The molecule has 0 aliphatic carbocycles. The largest absolute Gasteiger partial charge is 0.352 e. The second kappa shape index (κ2) is 6.87. The number of carbonyl (C=O) groups excluding carboxylic acids is 1. The van der Waals surface area contributed by atoms with Crippen molar-refractivity contribution in [1.29, 1.82) is 0 Å². The SMILES string of the molecule is O=C(Cc1cnn(-c2ccccc2)c1)NCc1ccccc1F. The molecule has 0 saturated carbocycles. The number of rotatable bonds is 5. The number of para-hydroxylation sites is 1. The molecule has 1 aromatic heterocycles. The van der Waals surface area contributed by atoms with Crippen LogP contribution in [0.2, 0.25) is 0 Å². The zero-order valence-corrected chi connectivity index (χ0v) is 12.4. The summed E-state index contributed by atoms with van der Waals surface area (Å²) >= 11 is 0. The lowest BCUT2D eigenvalue weighted by molar-refractivity contribution is -0.120. The molecule has 23 heavy (non-hydrogen) atoms. The van der Waals surface area contributed by atoms with E-state index in [1.54, 1.807) is 29.1 Å². The van der Waals surface area contributed by atoms with E-state index in [-0.39, 0.29) is 24.7 Å².